The molecule has 3 rings (SSSR count). The van der Waals surface area contributed by atoms with E-state index in [1.807, 2.05) is 9.80 Å². The highest BCUT2D eigenvalue weighted by atomic mass is 79.9. The third kappa shape index (κ3) is 3.79. The normalized spacial score (nSPS) is 23.1. The van der Waals surface area contributed by atoms with Gasteiger partial charge in [-0.15, -0.1) is 0 Å². The number of nitrogens with zero attached hydrogens (tertiary/aromatic N) is 2. The summed E-state index contributed by atoms with van der Waals surface area (Å²) in [5.74, 6) is 0.945. The molecule has 2 saturated heterocycles. The van der Waals surface area contributed by atoms with Crippen molar-refractivity contribution in [3.63, 3.8) is 0 Å². The molecule has 2 aliphatic heterocycles. The molecular weight excluding hydrogens is 360 g/mol. The minimum atomic E-state index is -0.0167. The fourth-order valence-electron chi connectivity index (χ4n) is 3.58. The third-order valence-corrected chi connectivity index (χ3v) is 5.33. The average Bonchev–Trinajstić information content (AvgIpc) is 3.00. The molecule has 0 spiro atoms. The number of carbonyl (C=O) groups excluding carboxylic acids is 2. The van der Waals surface area contributed by atoms with Gasteiger partial charge < -0.3 is 14.2 Å². The number of amides is 2. The number of furan rings is 1. The fourth-order valence-corrected chi connectivity index (χ4v) is 3.92. The van der Waals surface area contributed by atoms with Gasteiger partial charge in [-0.2, -0.15) is 0 Å². The van der Waals surface area contributed by atoms with Crippen molar-refractivity contribution in [2.45, 2.75) is 32.6 Å². The summed E-state index contributed by atoms with van der Waals surface area (Å²) in [6.07, 6.45) is 5.32. The molecule has 0 saturated carbocycles. The van der Waals surface area contributed by atoms with Crippen LogP contribution in [0.25, 0.3) is 0 Å². The number of hydrogen-bond acceptors (Lipinski definition) is 3. The van der Waals surface area contributed by atoms with Gasteiger partial charge in [0, 0.05) is 38.2 Å². The highest BCUT2D eigenvalue weighted by Crippen LogP contribution is 2.25. The third-order valence-electron chi connectivity index (χ3n) is 4.91. The van der Waals surface area contributed by atoms with E-state index in [0.717, 1.165) is 32.4 Å². The van der Waals surface area contributed by atoms with Crippen LogP contribution < -0.4 is 0 Å². The van der Waals surface area contributed by atoms with Gasteiger partial charge in [0.2, 0.25) is 5.91 Å². The SMILES string of the molecule is CC1CCCN(C(=O)C2CCN(C(=O)c3coc(Br)c3)CC2)C1. The molecule has 126 valence electrons. The molecule has 2 fully saturated rings. The number of piperidine rings is 2. The minimum absolute atomic E-state index is 0.0167. The van der Waals surface area contributed by atoms with Crippen molar-refractivity contribution in [3.8, 4) is 0 Å². The lowest BCUT2D eigenvalue weighted by Gasteiger charge is -2.37. The van der Waals surface area contributed by atoms with Crippen molar-refractivity contribution in [2.75, 3.05) is 26.2 Å². The summed E-state index contributed by atoms with van der Waals surface area (Å²) in [7, 11) is 0. The molecule has 1 aromatic heterocycles. The Bertz CT molecular complexity index is 578. The van der Waals surface area contributed by atoms with Crippen LogP contribution in [0.4, 0.5) is 0 Å². The zero-order chi connectivity index (χ0) is 16.4. The molecule has 5 nitrogen and oxygen atoms in total. The molecule has 0 bridgehead atoms. The van der Waals surface area contributed by atoms with Crippen LogP contribution in [0.5, 0.6) is 0 Å². The molecule has 1 aromatic rings. The Kier molecular flexibility index (Phi) is 5.09. The first-order chi connectivity index (χ1) is 11.0. The molecule has 23 heavy (non-hydrogen) atoms. The van der Waals surface area contributed by atoms with Gasteiger partial charge in [-0.25, -0.2) is 0 Å². The van der Waals surface area contributed by atoms with Gasteiger partial charge in [0.05, 0.1) is 5.56 Å². The summed E-state index contributed by atoms with van der Waals surface area (Å²) >= 11 is 3.21. The quantitative estimate of drug-likeness (QED) is 0.789. The van der Waals surface area contributed by atoms with Crippen LogP contribution >= 0.6 is 15.9 Å². The highest BCUT2D eigenvalue weighted by molar-refractivity contribution is 9.10. The van der Waals surface area contributed by atoms with Crippen molar-refractivity contribution in [1.82, 2.24) is 9.80 Å². The maximum Gasteiger partial charge on any atom is 0.257 e. The second-order valence-electron chi connectivity index (χ2n) is 6.74. The number of rotatable bonds is 2. The Morgan fingerprint density at radius 3 is 2.52 bits per heavy atom. The Labute approximate surface area is 145 Å². The van der Waals surface area contributed by atoms with Crippen molar-refractivity contribution >= 4 is 27.7 Å². The monoisotopic (exact) mass is 382 g/mol. The summed E-state index contributed by atoms with van der Waals surface area (Å²) in [5, 5.41) is 0. The van der Waals surface area contributed by atoms with Gasteiger partial charge >= 0.3 is 0 Å². The topological polar surface area (TPSA) is 53.8 Å². The molecule has 0 aromatic carbocycles. The molecule has 1 unspecified atom stereocenters. The number of hydrogen-bond donors (Lipinski definition) is 0. The predicted molar refractivity (Wildman–Crippen MR) is 90.0 cm³/mol. The Balaban J connectivity index is 1.53. The molecule has 6 heteroatoms. The van der Waals surface area contributed by atoms with Crippen molar-refractivity contribution in [1.29, 1.82) is 0 Å². The molecule has 3 heterocycles. The maximum absolute atomic E-state index is 12.6. The molecule has 1 atom stereocenters. The van der Waals surface area contributed by atoms with Crippen LogP contribution in [-0.4, -0.2) is 47.8 Å². The lowest BCUT2D eigenvalue weighted by Crippen LogP contribution is -2.46. The van der Waals surface area contributed by atoms with E-state index in [1.165, 1.54) is 12.7 Å². The van der Waals surface area contributed by atoms with E-state index in [0.29, 0.717) is 29.2 Å². The van der Waals surface area contributed by atoms with Crippen LogP contribution in [0.3, 0.4) is 0 Å². The fraction of sp³-hybridized carbons (Fsp3) is 0.647. The summed E-state index contributed by atoms with van der Waals surface area (Å²) in [4.78, 5) is 28.9. The zero-order valence-electron chi connectivity index (χ0n) is 13.5. The summed E-state index contributed by atoms with van der Waals surface area (Å²) in [6, 6.07) is 1.69. The van der Waals surface area contributed by atoms with Crippen molar-refractivity contribution in [2.24, 2.45) is 11.8 Å². The first kappa shape index (κ1) is 16.6. The lowest BCUT2D eigenvalue weighted by molar-refractivity contribution is -0.138. The molecule has 2 amide bonds. The van der Waals surface area contributed by atoms with E-state index in [4.69, 9.17) is 4.42 Å². The van der Waals surface area contributed by atoms with Gasteiger partial charge in [-0.05, 0) is 47.5 Å². The van der Waals surface area contributed by atoms with Crippen LogP contribution in [0.1, 0.15) is 43.0 Å². The maximum atomic E-state index is 12.6. The number of halogens is 1. The van der Waals surface area contributed by atoms with E-state index >= 15 is 0 Å². The Hall–Kier alpha value is -1.30. The van der Waals surface area contributed by atoms with E-state index in [-0.39, 0.29) is 17.7 Å². The number of carbonyl (C=O) groups is 2. The Morgan fingerprint density at radius 1 is 1.17 bits per heavy atom. The standard InChI is InChI=1S/C17H23BrN2O3/c1-12-3-2-6-20(10-12)16(21)13-4-7-19(8-5-13)17(22)14-9-15(18)23-11-14/h9,11-13H,2-8,10H2,1H3. The van der Waals surface area contributed by atoms with E-state index in [1.54, 1.807) is 6.07 Å². The van der Waals surface area contributed by atoms with E-state index < -0.39 is 0 Å². The lowest BCUT2D eigenvalue weighted by atomic mass is 9.92. The first-order valence-corrected chi connectivity index (χ1v) is 9.16. The second-order valence-corrected chi connectivity index (χ2v) is 7.52. The van der Waals surface area contributed by atoms with Crippen LogP contribution in [0, 0.1) is 11.8 Å². The zero-order valence-corrected chi connectivity index (χ0v) is 15.0. The molecule has 0 aliphatic carbocycles. The molecule has 2 aliphatic rings. The summed E-state index contributed by atoms with van der Waals surface area (Å²) in [5.41, 5.74) is 0.562. The van der Waals surface area contributed by atoms with Gasteiger partial charge in [-0.3, -0.25) is 9.59 Å². The second kappa shape index (κ2) is 7.07. The van der Waals surface area contributed by atoms with Crippen LogP contribution in [-0.2, 0) is 4.79 Å². The van der Waals surface area contributed by atoms with Crippen LogP contribution in [0.2, 0.25) is 0 Å². The smallest absolute Gasteiger partial charge is 0.257 e. The van der Waals surface area contributed by atoms with Crippen molar-refractivity contribution in [3.05, 3.63) is 22.6 Å². The Morgan fingerprint density at radius 2 is 1.91 bits per heavy atom. The predicted octanol–water partition coefficient (Wildman–Crippen LogP) is 3.15. The largest absolute Gasteiger partial charge is 0.457 e. The molecular formula is C17H23BrN2O3. The van der Waals surface area contributed by atoms with E-state index in [9.17, 15) is 9.59 Å². The average molecular weight is 383 g/mol. The molecule has 0 N–H and O–H groups in total. The van der Waals surface area contributed by atoms with E-state index in [2.05, 4.69) is 22.9 Å². The van der Waals surface area contributed by atoms with Crippen LogP contribution in [0.15, 0.2) is 21.4 Å². The number of likely N-dealkylation sites (tertiary alicyclic amines) is 2. The minimum Gasteiger partial charge on any atom is -0.457 e. The van der Waals surface area contributed by atoms with Crippen molar-refractivity contribution < 1.29 is 14.0 Å². The highest BCUT2D eigenvalue weighted by Gasteiger charge is 2.32. The van der Waals surface area contributed by atoms with Gasteiger partial charge in [0.1, 0.15) is 6.26 Å². The molecule has 0 radical (unpaired) electrons. The van der Waals surface area contributed by atoms with Gasteiger partial charge in [0.25, 0.3) is 5.91 Å². The first-order valence-electron chi connectivity index (χ1n) is 8.36. The summed E-state index contributed by atoms with van der Waals surface area (Å²) < 4.78 is 5.69. The summed E-state index contributed by atoms with van der Waals surface area (Å²) in [6.45, 7) is 5.28. The van der Waals surface area contributed by atoms with Gasteiger partial charge in [0.15, 0.2) is 4.67 Å². The van der Waals surface area contributed by atoms with Gasteiger partial charge in [-0.1, -0.05) is 6.92 Å².